The van der Waals surface area contributed by atoms with Crippen molar-refractivity contribution >= 4 is 21.5 Å². The van der Waals surface area contributed by atoms with Gasteiger partial charge in [0, 0.05) is 18.0 Å². The highest BCUT2D eigenvalue weighted by Gasteiger charge is 2.10. The van der Waals surface area contributed by atoms with Gasteiger partial charge in [-0.3, -0.25) is 0 Å². The SMILES string of the molecule is c1ccc2c(Cn3cc(-c4cncnc4)nn3)c3ccccc3cc2c1. The van der Waals surface area contributed by atoms with E-state index >= 15 is 0 Å². The Morgan fingerprint density at radius 3 is 2.15 bits per heavy atom. The van der Waals surface area contributed by atoms with Crippen LogP contribution in [0.1, 0.15) is 5.56 Å². The summed E-state index contributed by atoms with van der Waals surface area (Å²) in [5.41, 5.74) is 2.89. The van der Waals surface area contributed by atoms with Crippen molar-refractivity contribution < 1.29 is 0 Å². The molecule has 5 aromatic rings. The molecule has 0 aliphatic heterocycles. The fourth-order valence-electron chi connectivity index (χ4n) is 3.38. The van der Waals surface area contributed by atoms with E-state index in [1.54, 1.807) is 12.4 Å². The van der Waals surface area contributed by atoms with Gasteiger partial charge >= 0.3 is 0 Å². The van der Waals surface area contributed by atoms with Crippen LogP contribution in [-0.4, -0.2) is 25.0 Å². The van der Waals surface area contributed by atoms with E-state index in [1.165, 1.54) is 33.4 Å². The van der Waals surface area contributed by atoms with Crippen molar-refractivity contribution in [3.05, 3.63) is 85.1 Å². The molecule has 0 N–H and O–H groups in total. The quantitative estimate of drug-likeness (QED) is 0.465. The molecule has 2 aromatic heterocycles. The third kappa shape index (κ3) is 2.50. The standard InChI is InChI=1S/C21H15N5/c1-3-7-18-15(5-1)9-16-6-2-4-8-19(16)20(18)12-26-13-21(24-25-26)17-10-22-14-23-11-17/h1-11,13-14H,12H2. The van der Waals surface area contributed by atoms with Crippen LogP contribution in [0.2, 0.25) is 0 Å². The van der Waals surface area contributed by atoms with Crippen molar-refractivity contribution in [2.45, 2.75) is 6.54 Å². The summed E-state index contributed by atoms with van der Waals surface area (Å²) in [7, 11) is 0. The molecular weight excluding hydrogens is 322 g/mol. The van der Waals surface area contributed by atoms with Crippen LogP contribution in [0.5, 0.6) is 0 Å². The maximum Gasteiger partial charge on any atom is 0.116 e. The molecule has 5 nitrogen and oxygen atoms in total. The zero-order chi connectivity index (χ0) is 17.3. The van der Waals surface area contributed by atoms with Gasteiger partial charge in [-0.25, -0.2) is 14.6 Å². The van der Waals surface area contributed by atoms with Crippen molar-refractivity contribution in [1.29, 1.82) is 0 Å². The van der Waals surface area contributed by atoms with E-state index in [-0.39, 0.29) is 0 Å². The number of benzene rings is 3. The summed E-state index contributed by atoms with van der Waals surface area (Å²) >= 11 is 0. The van der Waals surface area contributed by atoms with Gasteiger partial charge in [0.05, 0.1) is 12.7 Å². The minimum atomic E-state index is 0.655. The third-order valence-electron chi connectivity index (χ3n) is 4.60. The second kappa shape index (κ2) is 6.04. The minimum Gasteiger partial charge on any atom is -0.247 e. The summed E-state index contributed by atoms with van der Waals surface area (Å²) in [5, 5.41) is 13.5. The van der Waals surface area contributed by atoms with E-state index in [0.717, 1.165) is 11.3 Å². The van der Waals surface area contributed by atoms with Crippen LogP contribution in [0.15, 0.2) is 79.5 Å². The van der Waals surface area contributed by atoms with Crippen LogP contribution < -0.4 is 0 Å². The van der Waals surface area contributed by atoms with E-state index < -0.39 is 0 Å². The topological polar surface area (TPSA) is 56.5 Å². The zero-order valence-corrected chi connectivity index (χ0v) is 13.9. The molecule has 0 unspecified atom stereocenters. The average Bonchev–Trinajstić information content (AvgIpc) is 3.17. The molecule has 0 aliphatic carbocycles. The van der Waals surface area contributed by atoms with Crippen LogP contribution in [0, 0.1) is 0 Å². The van der Waals surface area contributed by atoms with E-state index in [9.17, 15) is 0 Å². The fourth-order valence-corrected chi connectivity index (χ4v) is 3.38. The third-order valence-corrected chi connectivity index (χ3v) is 4.60. The highest BCUT2D eigenvalue weighted by Crippen LogP contribution is 2.29. The van der Waals surface area contributed by atoms with Crippen LogP contribution in [0.25, 0.3) is 32.8 Å². The maximum absolute atomic E-state index is 4.31. The molecular formula is C21H15N5. The number of rotatable bonds is 3. The summed E-state index contributed by atoms with van der Waals surface area (Å²) in [6.07, 6.45) is 6.94. The molecule has 2 heterocycles. The lowest BCUT2D eigenvalue weighted by atomic mass is 9.97. The Morgan fingerprint density at radius 1 is 0.808 bits per heavy atom. The predicted octanol–water partition coefficient (Wildman–Crippen LogP) is 4.09. The summed E-state index contributed by atoms with van der Waals surface area (Å²) in [6.45, 7) is 0.655. The van der Waals surface area contributed by atoms with Gasteiger partial charge < -0.3 is 0 Å². The van der Waals surface area contributed by atoms with Gasteiger partial charge in [0.2, 0.25) is 0 Å². The number of fused-ring (bicyclic) bond motifs is 2. The van der Waals surface area contributed by atoms with Gasteiger partial charge in [0.1, 0.15) is 12.0 Å². The number of hydrogen-bond donors (Lipinski definition) is 0. The van der Waals surface area contributed by atoms with Crippen LogP contribution in [0.4, 0.5) is 0 Å². The fraction of sp³-hybridized carbons (Fsp3) is 0.0476. The molecule has 5 heteroatoms. The second-order valence-electron chi connectivity index (χ2n) is 6.23. The van der Waals surface area contributed by atoms with Crippen molar-refractivity contribution in [3.8, 4) is 11.3 Å². The zero-order valence-electron chi connectivity index (χ0n) is 13.9. The van der Waals surface area contributed by atoms with E-state index in [0.29, 0.717) is 6.54 Å². The number of nitrogens with zero attached hydrogens (tertiary/aromatic N) is 5. The minimum absolute atomic E-state index is 0.655. The molecule has 0 spiro atoms. The first-order valence-corrected chi connectivity index (χ1v) is 8.43. The summed E-state index contributed by atoms with van der Waals surface area (Å²) in [6, 6.07) is 19.2. The van der Waals surface area contributed by atoms with Crippen molar-refractivity contribution in [3.63, 3.8) is 0 Å². The summed E-state index contributed by atoms with van der Waals surface area (Å²) in [4.78, 5) is 8.10. The van der Waals surface area contributed by atoms with Gasteiger partial charge in [-0.2, -0.15) is 0 Å². The van der Waals surface area contributed by atoms with Gasteiger partial charge in [-0.15, -0.1) is 5.10 Å². The predicted molar refractivity (Wildman–Crippen MR) is 102 cm³/mol. The molecule has 0 saturated heterocycles. The number of hydrogen-bond acceptors (Lipinski definition) is 4. The number of aromatic nitrogens is 5. The van der Waals surface area contributed by atoms with Crippen LogP contribution in [-0.2, 0) is 6.54 Å². The van der Waals surface area contributed by atoms with Gasteiger partial charge in [-0.05, 0) is 33.2 Å². The van der Waals surface area contributed by atoms with E-state index in [1.807, 2.05) is 10.9 Å². The Hall–Kier alpha value is -3.60. The molecule has 0 fully saturated rings. The first-order valence-electron chi connectivity index (χ1n) is 8.43. The highest BCUT2D eigenvalue weighted by atomic mass is 15.4. The first kappa shape index (κ1) is 14.7. The van der Waals surface area contributed by atoms with Crippen LogP contribution in [0.3, 0.4) is 0 Å². The Kier molecular flexibility index (Phi) is 3.42. The Balaban J connectivity index is 1.64. The molecule has 26 heavy (non-hydrogen) atoms. The van der Waals surface area contributed by atoms with Crippen molar-refractivity contribution in [2.24, 2.45) is 0 Å². The van der Waals surface area contributed by atoms with E-state index in [2.05, 4.69) is 74.9 Å². The molecule has 0 saturated carbocycles. The average molecular weight is 337 g/mol. The lowest BCUT2D eigenvalue weighted by Crippen LogP contribution is -2.02. The largest absolute Gasteiger partial charge is 0.247 e. The molecule has 0 radical (unpaired) electrons. The van der Waals surface area contributed by atoms with Crippen molar-refractivity contribution in [2.75, 3.05) is 0 Å². The first-order chi connectivity index (χ1) is 12.9. The molecule has 5 rings (SSSR count). The lowest BCUT2D eigenvalue weighted by Gasteiger charge is -2.11. The molecule has 0 aliphatic rings. The molecule has 0 amide bonds. The smallest absolute Gasteiger partial charge is 0.116 e. The normalized spacial score (nSPS) is 11.2. The van der Waals surface area contributed by atoms with E-state index in [4.69, 9.17) is 0 Å². The lowest BCUT2D eigenvalue weighted by molar-refractivity contribution is 0.655. The highest BCUT2D eigenvalue weighted by molar-refractivity contribution is 6.02. The molecule has 0 atom stereocenters. The monoisotopic (exact) mass is 337 g/mol. The second-order valence-corrected chi connectivity index (χ2v) is 6.23. The van der Waals surface area contributed by atoms with Gasteiger partial charge in [-0.1, -0.05) is 53.7 Å². The Morgan fingerprint density at radius 2 is 1.46 bits per heavy atom. The van der Waals surface area contributed by atoms with Crippen molar-refractivity contribution in [1.82, 2.24) is 25.0 Å². The molecule has 124 valence electrons. The van der Waals surface area contributed by atoms with Gasteiger partial charge in [0.15, 0.2) is 0 Å². The van der Waals surface area contributed by atoms with Gasteiger partial charge in [0.25, 0.3) is 0 Å². The molecule has 3 aromatic carbocycles. The van der Waals surface area contributed by atoms with Crippen LogP contribution >= 0.6 is 0 Å². The summed E-state index contributed by atoms with van der Waals surface area (Å²) in [5.74, 6) is 0. The summed E-state index contributed by atoms with van der Waals surface area (Å²) < 4.78 is 1.87. The Labute approximate surface area is 150 Å². The molecule has 0 bridgehead atoms. The maximum atomic E-state index is 4.31. The Bertz CT molecular complexity index is 1160.